The summed E-state index contributed by atoms with van der Waals surface area (Å²) in [4.78, 5) is 33.3. The van der Waals surface area contributed by atoms with Gasteiger partial charge in [-0.05, 0) is 79.6 Å². The minimum absolute atomic E-state index is 0.0607. The molecule has 1 aliphatic rings. The van der Waals surface area contributed by atoms with Gasteiger partial charge in [0.05, 0.1) is 42.9 Å². The van der Waals surface area contributed by atoms with Crippen molar-refractivity contribution < 1.29 is 37.0 Å². The van der Waals surface area contributed by atoms with Gasteiger partial charge >= 0.3 is 6.18 Å². The van der Waals surface area contributed by atoms with Crippen molar-refractivity contribution in [2.75, 3.05) is 57.9 Å². The first-order valence-electron chi connectivity index (χ1n) is 17.3. The van der Waals surface area contributed by atoms with E-state index >= 15 is 0 Å². The van der Waals surface area contributed by atoms with Crippen LogP contribution >= 0.6 is 0 Å². The van der Waals surface area contributed by atoms with Crippen LogP contribution < -0.4 is 20.7 Å². The van der Waals surface area contributed by atoms with Crippen molar-refractivity contribution in [3.63, 3.8) is 0 Å². The van der Waals surface area contributed by atoms with Crippen LogP contribution in [0.2, 0.25) is 0 Å². The Balaban J connectivity index is 1.29. The molecule has 0 radical (unpaired) electrons. The van der Waals surface area contributed by atoms with Crippen molar-refractivity contribution in [1.82, 2.24) is 20.5 Å². The Morgan fingerprint density at radius 3 is 2.37 bits per heavy atom. The fourth-order valence-electron chi connectivity index (χ4n) is 5.57. The normalized spacial score (nSPS) is 13.6. The van der Waals surface area contributed by atoms with Crippen LogP contribution in [0.3, 0.4) is 0 Å². The molecule has 0 bridgehead atoms. The second kappa shape index (κ2) is 18.6. The Kier molecular flexibility index (Phi) is 13.7. The first-order chi connectivity index (χ1) is 25.0. The third-order valence-electron chi connectivity index (χ3n) is 8.26. The highest BCUT2D eigenvalue weighted by Crippen LogP contribution is 2.32. The topological polar surface area (TPSA) is 114 Å². The summed E-state index contributed by atoms with van der Waals surface area (Å²) < 4.78 is 56.4. The molecule has 1 aromatic heterocycles. The van der Waals surface area contributed by atoms with E-state index in [2.05, 4.69) is 25.8 Å². The van der Waals surface area contributed by atoms with Crippen LogP contribution in [0.5, 0.6) is 5.75 Å². The molecule has 2 heterocycles. The zero-order valence-electron chi connectivity index (χ0n) is 29.3. The van der Waals surface area contributed by atoms with Crippen LogP contribution in [0.4, 0.5) is 18.9 Å². The van der Waals surface area contributed by atoms with Crippen LogP contribution in [0.15, 0.2) is 85.1 Å². The highest BCUT2D eigenvalue weighted by Gasteiger charge is 2.30. The van der Waals surface area contributed by atoms with Gasteiger partial charge in [0.15, 0.2) is 0 Å². The highest BCUT2D eigenvalue weighted by molar-refractivity contribution is 6.07. The number of aromatic nitrogens is 1. The molecule has 13 heteroatoms. The highest BCUT2D eigenvalue weighted by atomic mass is 19.4. The van der Waals surface area contributed by atoms with E-state index in [-0.39, 0.29) is 18.6 Å². The summed E-state index contributed by atoms with van der Waals surface area (Å²) in [7, 11) is 0. The predicted octanol–water partition coefficient (Wildman–Crippen LogP) is 6.18. The fourth-order valence-corrected chi connectivity index (χ4v) is 5.57. The number of hydrogen-bond acceptors (Lipinski definition) is 8. The maximum absolute atomic E-state index is 13.6. The molecule has 10 nitrogen and oxygen atoms in total. The molecule has 0 unspecified atom stereocenters. The standard InChI is InChI=1S/C39H44F3N5O5/c1-27(2)51-19-20-52-33-9-10-35(46-38(49)31-7-4-6-30(23-31)37(48)45-13-14-47-15-17-50-18-16-47)34(24-33)36-22-29(11-12-44-36)26-43-25-28-5-3-8-32(21-28)39(40,41)42/h3-12,21-24,27,43H,13-20,25-26H2,1-2H3,(H,45,48)(H,46,49). The summed E-state index contributed by atoms with van der Waals surface area (Å²) in [5.41, 5.74) is 2.93. The summed E-state index contributed by atoms with van der Waals surface area (Å²) in [6.45, 7) is 9.39. The number of halogens is 3. The van der Waals surface area contributed by atoms with Gasteiger partial charge in [0, 0.05) is 62.2 Å². The van der Waals surface area contributed by atoms with E-state index in [1.807, 2.05) is 26.0 Å². The van der Waals surface area contributed by atoms with Gasteiger partial charge in [0.25, 0.3) is 11.8 Å². The lowest BCUT2D eigenvalue weighted by Crippen LogP contribution is -2.41. The number of rotatable bonds is 16. The van der Waals surface area contributed by atoms with E-state index < -0.39 is 17.6 Å². The van der Waals surface area contributed by atoms with Gasteiger partial charge in [-0.15, -0.1) is 0 Å². The minimum atomic E-state index is -4.41. The van der Waals surface area contributed by atoms with E-state index in [9.17, 15) is 22.8 Å². The van der Waals surface area contributed by atoms with Gasteiger partial charge < -0.3 is 30.2 Å². The van der Waals surface area contributed by atoms with Crippen LogP contribution in [0.1, 0.15) is 51.3 Å². The van der Waals surface area contributed by atoms with Gasteiger partial charge in [0.2, 0.25) is 0 Å². The molecule has 2 amide bonds. The van der Waals surface area contributed by atoms with E-state index in [1.165, 1.54) is 6.07 Å². The summed E-state index contributed by atoms with van der Waals surface area (Å²) in [5.74, 6) is -0.137. The monoisotopic (exact) mass is 719 g/mol. The lowest BCUT2D eigenvalue weighted by molar-refractivity contribution is -0.137. The SMILES string of the molecule is CC(C)OCCOc1ccc(NC(=O)c2cccc(C(=O)NCCN3CCOCC3)c2)c(-c2cc(CNCc3cccc(C(F)(F)F)c3)ccn2)c1. The van der Waals surface area contributed by atoms with Crippen LogP contribution in [0, 0.1) is 0 Å². The maximum Gasteiger partial charge on any atom is 0.416 e. The molecule has 0 aliphatic carbocycles. The van der Waals surface area contributed by atoms with E-state index in [1.54, 1.807) is 54.7 Å². The van der Waals surface area contributed by atoms with Gasteiger partial charge in [0.1, 0.15) is 12.4 Å². The van der Waals surface area contributed by atoms with Crippen LogP contribution in [-0.2, 0) is 28.7 Å². The molecule has 52 heavy (non-hydrogen) atoms. The zero-order valence-corrected chi connectivity index (χ0v) is 29.3. The Labute approximate surface area is 301 Å². The first-order valence-corrected chi connectivity index (χ1v) is 17.3. The molecule has 5 rings (SSSR count). The van der Waals surface area contributed by atoms with Crippen LogP contribution in [-0.4, -0.2) is 80.4 Å². The average molecular weight is 720 g/mol. The van der Waals surface area contributed by atoms with E-state index in [0.717, 1.165) is 30.8 Å². The molecule has 4 aromatic rings. The molecule has 0 saturated carbocycles. The Hall–Kier alpha value is -4.82. The minimum Gasteiger partial charge on any atom is -0.491 e. The predicted molar refractivity (Wildman–Crippen MR) is 192 cm³/mol. The molecule has 276 valence electrons. The Morgan fingerprint density at radius 1 is 0.885 bits per heavy atom. The number of pyridine rings is 1. The summed E-state index contributed by atoms with van der Waals surface area (Å²) in [6, 6.07) is 20.6. The molecule has 3 aromatic carbocycles. The lowest BCUT2D eigenvalue weighted by atomic mass is 10.0. The zero-order chi connectivity index (χ0) is 36.9. The molecule has 1 aliphatic heterocycles. The number of hydrogen-bond donors (Lipinski definition) is 3. The van der Waals surface area contributed by atoms with Crippen molar-refractivity contribution >= 4 is 17.5 Å². The van der Waals surface area contributed by atoms with Crippen molar-refractivity contribution in [1.29, 1.82) is 0 Å². The number of carbonyl (C=O) groups excluding carboxylic acids is 2. The molecule has 1 saturated heterocycles. The summed E-state index contributed by atoms with van der Waals surface area (Å²) in [5, 5.41) is 9.10. The molecular formula is C39H44F3N5O5. The Bertz CT molecular complexity index is 1800. The van der Waals surface area contributed by atoms with Crippen molar-refractivity contribution in [2.45, 2.75) is 39.2 Å². The molecular weight excluding hydrogens is 675 g/mol. The number of morpholine rings is 1. The molecule has 0 spiro atoms. The van der Waals surface area contributed by atoms with E-state index in [0.29, 0.717) is 85.4 Å². The number of alkyl halides is 3. The summed E-state index contributed by atoms with van der Waals surface area (Å²) in [6.07, 6.45) is -2.72. The van der Waals surface area contributed by atoms with E-state index in [4.69, 9.17) is 14.2 Å². The van der Waals surface area contributed by atoms with Gasteiger partial charge in [-0.3, -0.25) is 19.5 Å². The quantitative estimate of drug-likeness (QED) is 0.118. The fraction of sp³-hybridized carbons (Fsp3) is 0.359. The van der Waals surface area contributed by atoms with Gasteiger partial charge in [-0.1, -0.05) is 24.3 Å². The molecule has 0 atom stereocenters. The number of nitrogens with zero attached hydrogens (tertiary/aromatic N) is 2. The largest absolute Gasteiger partial charge is 0.491 e. The number of nitrogens with one attached hydrogen (secondary N) is 3. The van der Waals surface area contributed by atoms with Crippen LogP contribution in [0.25, 0.3) is 11.3 Å². The third-order valence-corrected chi connectivity index (χ3v) is 8.26. The summed E-state index contributed by atoms with van der Waals surface area (Å²) >= 11 is 0. The second-order valence-electron chi connectivity index (χ2n) is 12.6. The maximum atomic E-state index is 13.6. The molecule has 3 N–H and O–H groups in total. The number of carbonyl (C=O) groups is 2. The van der Waals surface area contributed by atoms with Gasteiger partial charge in [-0.2, -0.15) is 13.2 Å². The average Bonchev–Trinajstić information content (AvgIpc) is 3.14. The second-order valence-corrected chi connectivity index (χ2v) is 12.6. The molecule has 1 fully saturated rings. The first kappa shape index (κ1) is 38.4. The third kappa shape index (κ3) is 11.6. The van der Waals surface area contributed by atoms with Crippen molar-refractivity contribution in [2.24, 2.45) is 0 Å². The van der Waals surface area contributed by atoms with Crippen molar-refractivity contribution in [3.05, 3.63) is 113 Å². The Morgan fingerprint density at radius 2 is 1.62 bits per heavy atom. The number of anilines is 1. The number of amides is 2. The smallest absolute Gasteiger partial charge is 0.416 e. The lowest BCUT2D eigenvalue weighted by Gasteiger charge is -2.26. The van der Waals surface area contributed by atoms with Gasteiger partial charge in [-0.25, -0.2) is 0 Å². The number of ether oxygens (including phenoxy) is 3. The van der Waals surface area contributed by atoms with Crippen molar-refractivity contribution in [3.8, 4) is 17.0 Å². The number of benzene rings is 3.